The van der Waals surface area contributed by atoms with Crippen molar-refractivity contribution in [1.29, 1.82) is 0 Å². The number of hydrogen-bond acceptors (Lipinski definition) is 3. The molecule has 2 aromatic carbocycles. The molecule has 1 atom stereocenters. The number of carboxylic acid groups (broad SMARTS) is 1. The second-order valence-electron chi connectivity index (χ2n) is 5.08. The van der Waals surface area contributed by atoms with Crippen molar-refractivity contribution in [3.05, 3.63) is 60.2 Å². The molecule has 0 radical (unpaired) electrons. The third-order valence-electron chi connectivity index (χ3n) is 3.55. The Kier molecular flexibility index (Phi) is 3.78. The number of nitrogens with zero attached hydrogens (tertiary/aromatic N) is 1. The lowest BCUT2D eigenvalue weighted by molar-refractivity contribution is -0.145. The molecule has 1 aliphatic rings. The third kappa shape index (κ3) is 2.79. The fourth-order valence-corrected chi connectivity index (χ4v) is 2.47. The SMILES string of the molecule is O=C(O)[C@@H]1CN(C(=O)Cc2ccccc2)c2ccccc2O1. The van der Waals surface area contributed by atoms with Crippen LogP contribution in [0.4, 0.5) is 5.69 Å². The van der Waals surface area contributed by atoms with Crippen LogP contribution in [0.25, 0.3) is 0 Å². The number of carbonyl (C=O) groups excluding carboxylic acids is 1. The molecule has 0 spiro atoms. The summed E-state index contributed by atoms with van der Waals surface area (Å²) in [5.41, 5.74) is 1.50. The van der Waals surface area contributed by atoms with Crippen LogP contribution < -0.4 is 9.64 Å². The van der Waals surface area contributed by atoms with Gasteiger partial charge < -0.3 is 14.7 Å². The van der Waals surface area contributed by atoms with Crippen molar-refractivity contribution in [3.63, 3.8) is 0 Å². The van der Waals surface area contributed by atoms with Gasteiger partial charge in [0, 0.05) is 0 Å². The summed E-state index contributed by atoms with van der Waals surface area (Å²) >= 11 is 0. The molecule has 1 amide bonds. The Morgan fingerprint density at radius 1 is 1.09 bits per heavy atom. The molecule has 22 heavy (non-hydrogen) atoms. The zero-order chi connectivity index (χ0) is 15.5. The maximum absolute atomic E-state index is 12.6. The lowest BCUT2D eigenvalue weighted by atomic mass is 10.1. The molecule has 0 fully saturated rings. The number of para-hydroxylation sites is 2. The maximum atomic E-state index is 12.6. The third-order valence-corrected chi connectivity index (χ3v) is 3.55. The zero-order valence-corrected chi connectivity index (χ0v) is 11.8. The molecule has 5 nitrogen and oxygen atoms in total. The van der Waals surface area contributed by atoms with E-state index in [4.69, 9.17) is 4.74 Å². The highest BCUT2D eigenvalue weighted by Gasteiger charge is 2.33. The molecule has 5 heteroatoms. The van der Waals surface area contributed by atoms with Gasteiger partial charge in [0.1, 0.15) is 5.75 Å². The molecular weight excluding hydrogens is 282 g/mol. The van der Waals surface area contributed by atoms with Crippen LogP contribution in [0.15, 0.2) is 54.6 Å². The van der Waals surface area contributed by atoms with Gasteiger partial charge in [0.2, 0.25) is 12.0 Å². The number of hydrogen-bond donors (Lipinski definition) is 1. The van der Waals surface area contributed by atoms with Gasteiger partial charge in [-0.2, -0.15) is 0 Å². The number of carbonyl (C=O) groups is 2. The number of carboxylic acids is 1. The van der Waals surface area contributed by atoms with Crippen molar-refractivity contribution in [3.8, 4) is 5.75 Å². The van der Waals surface area contributed by atoms with E-state index in [0.717, 1.165) is 5.56 Å². The van der Waals surface area contributed by atoms with Crippen LogP contribution in [-0.2, 0) is 16.0 Å². The van der Waals surface area contributed by atoms with Gasteiger partial charge in [0.25, 0.3) is 0 Å². The number of fused-ring (bicyclic) bond motifs is 1. The van der Waals surface area contributed by atoms with Gasteiger partial charge in [0.05, 0.1) is 18.7 Å². The van der Waals surface area contributed by atoms with Crippen LogP contribution >= 0.6 is 0 Å². The van der Waals surface area contributed by atoms with E-state index in [-0.39, 0.29) is 18.9 Å². The van der Waals surface area contributed by atoms with Gasteiger partial charge in [0.15, 0.2) is 0 Å². The summed E-state index contributed by atoms with van der Waals surface area (Å²) < 4.78 is 5.43. The standard InChI is InChI=1S/C17H15NO4/c19-16(10-12-6-2-1-3-7-12)18-11-15(17(20)21)22-14-9-5-4-8-13(14)18/h1-9,15H,10-11H2,(H,20,21)/t15-/m0/s1. The molecule has 3 rings (SSSR count). The molecular formula is C17H15NO4. The highest BCUT2D eigenvalue weighted by atomic mass is 16.5. The molecule has 0 bridgehead atoms. The molecule has 0 aromatic heterocycles. The van der Waals surface area contributed by atoms with Crippen molar-refractivity contribution in [2.45, 2.75) is 12.5 Å². The summed E-state index contributed by atoms with van der Waals surface area (Å²) in [7, 11) is 0. The molecule has 1 aliphatic heterocycles. The fourth-order valence-electron chi connectivity index (χ4n) is 2.47. The molecule has 1 N–H and O–H groups in total. The first-order valence-electron chi connectivity index (χ1n) is 6.98. The van der Waals surface area contributed by atoms with Crippen LogP contribution in [0.2, 0.25) is 0 Å². The van der Waals surface area contributed by atoms with E-state index >= 15 is 0 Å². The van der Waals surface area contributed by atoms with Crippen molar-refractivity contribution < 1.29 is 19.4 Å². The highest BCUT2D eigenvalue weighted by Crippen LogP contribution is 2.33. The minimum atomic E-state index is -1.08. The number of amides is 1. The molecule has 0 saturated carbocycles. The Morgan fingerprint density at radius 2 is 1.77 bits per heavy atom. The Labute approximate surface area is 127 Å². The van der Waals surface area contributed by atoms with Gasteiger partial charge in [-0.1, -0.05) is 42.5 Å². The van der Waals surface area contributed by atoms with Gasteiger partial charge in [-0.05, 0) is 17.7 Å². The number of benzene rings is 2. The van der Waals surface area contributed by atoms with Crippen molar-refractivity contribution >= 4 is 17.6 Å². The molecule has 1 heterocycles. The first kappa shape index (κ1) is 14.1. The second-order valence-corrected chi connectivity index (χ2v) is 5.08. The summed E-state index contributed by atoms with van der Waals surface area (Å²) in [5.74, 6) is -0.803. The van der Waals surface area contributed by atoms with Gasteiger partial charge in [-0.3, -0.25) is 4.79 Å². The zero-order valence-electron chi connectivity index (χ0n) is 11.8. The predicted octanol–water partition coefficient (Wildman–Crippen LogP) is 2.11. The lowest BCUT2D eigenvalue weighted by Gasteiger charge is -2.33. The first-order valence-corrected chi connectivity index (χ1v) is 6.98. The summed E-state index contributed by atoms with van der Waals surface area (Å²) in [6.07, 6.45) is -0.823. The van der Waals surface area contributed by atoms with E-state index in [1.54, 1.807) is 24.3 Å². The summed E-state index contributed by atoms with van der Waals surface area (Å²) in [6, 6.07) is 16.4. The van der Waals surface area contributed by atoms with Gasteiger partial charge >= 0.3 is 5.97 Å². The van der Waals surface area contributed by atoms with Crippen LogP contribution in [0.3, 0.4) is 0 Å². The molecule has 112 valence electrons. The van der Waals surface area contributed by atoms with E-state index in [1.165, 1.54) is 4.90 Å². The van der Waals surface area contributed by atoms with E-state index in [1.807, 2.05) is 30.3 Å². The Bertz CT molecular complexity index is 699. The van der Waals surface area contributed by atoms with Crippen molar-refractivity contribution in [1.82, 2.24) is 0 Å². The van der Waals surface area contributed by atoms with Gasteiger partial charge in [-0.15, -0.1) is 0 Å². The normalized spacial score (nSPS) is 16.5. The Hall–Kier alpha value is -2.82. The Balaban J connectivity index is 1.88. The number of anilines is 1. The summed E-state index contributed by atoms with van der Waals surface area (Å²) in [6.45, 7) is 0.0119. The average molecular weight is 297 g/mol. The monoisotopic (exact) mass is 297 g/mol. The number of aliphatic carboxylic acids is 1. The fraction of sp³-hybridized carbons (Fsp3) is 0.176. The minimum absolute atomic E-state index is 0.0119. The molecule has 0 unspecified atom stereocenters. The Morgan fingerprint density at radius 3 is 2.50 bits per heavy atom. The van der Waals surface area contributed by atoms with E-state index in [0.29, 0.717) is 11.4 Å². The highest BCUT2D eigenvalue weighted by molar-refractivity contribution is 5.97. The predicted molar refractivity (Wildman–Crippen MR) is 81.0 cm³/mol. The van der Waals surface area contributed by atoms with Crippen LogP contribution in [0, 0.1) is 0 Å². The van der Waals surface area contributed by atoms with E-state index in [9.17, 15) is 14.7 Å². The van der Waals surface area contributed by atoms with Crippen molar-refractivity contribution in [2.24, 2.45) is 0 Å². The number of ether oxygens (including phenoxy) is 1. The van der Waals surface area contributed by atoms with Crippen LogP contribution in [0.5, 0.6) is 5.75 Å². The van der Waals surface area contributed by atoms with Crippen LogP contribution in [0.1, 0.15) is 5.56 Å². The summed E-state index contributed by atoms with van der Waals surface area (Å²) in [4.78, 5) is 25.3. The lowest BCUT2D eigenvalue weighted by Crippen LogP contribution is -2.47. The van der Waals surface area contributed by atoms with E-state index < -0.39 is 12.1 Å². The molecule has 0 aliphatic carbocycles. The minimum Gasteiger partial charge on any atom is -0.478 e. The number of rotatable bonds is 3. The first-order chi connectivity index (χ1) is 10.6. The average Bonchev–Trinajstić information content (AvgIpc) is 2.54. The second kappa shape index (κ2) is 5.89. The summed E-state index contributed by atoms with van der Waals surface area (Å²) in [5, 5.41) is 9.19. The largest absolute Gasteiger partial charge is 0.478 e. The van der Waals surface area contributed by atoms with Crippen molar-refractivity contribution in [2.75, 3.05) is 11.4 Å². The van der Waals surface area contributed by atoms with Crippen LogP contribution in [-0.4, -0.2) is 29.6 Å². The van der Waals surface area contributed by atoms with Gasteiger partial charge in [-0.25, -0.2) is 4.79 Å². The molecule has 0 saturated heterocycles. The molecule has 2 aromatic rings. The van der Waals surface area contributed by atoms with E-state index in [2.05, 4.69) is 0 Å². The smallest absolute Gasteiger partial charge is 0.346 e. The maximum Gasteiger partial charge on any atom is 0.346 e. The topological polar surface area (TPSA) is 66.8 Å². The quantitative estimate of drug-likeness (QED) is 0.942.